The summed E-state index contributed by atoms with van der Waals surface area (Å²) in [5, 5.41) is 0. The number of methoxy groups -OCH3 is 1. The first-order chi connectivity index (χ1) is 6.40. The van der Waals surface area contributed by atoms with E-state index in [1.54, 1.807) is 13.8 Å². The Balaban J connectivity index is 4.38. The third-order valence-electron chi connectivity index (χ3n) is 1.90. The highest BCUT2D eigenvalue weighted by molar-refractivity contribution is 5.77. The molecule has 0 heterocycles. The maximum absolute atomic E-state index is 11.1. The molecule has 0 radical (unpaired) electrons. The molecule has 0 saturated carbocycles. The number of hydrogen-bond acceptors (Lipinski definition) is 3. The number of rotatable bonds is 4. The molecule has 1 atom stereocenters. The largest absolute Gasteiger partial charge is 0.469 e. The lowest BCUT2D eigenvalue weighted by Crippen LogP contribution is -2.34. The molecule has 1 amide bonds. The van der Waals surface area contributed by atoms with E-state index in [2.05, 4.69) is 11.3 Å². The minimum atomic E-state index is -0.333. The molecule has 0 spiro atoms. The van der Waals surface area contributed by atoms with E-state index in [1.807, 2.05) is 0 Å². The summed E-state index contributed by atoms with van der Waals surface area (Å²) in [4.78, 5) is 23.7. The zero-order chi connectivity index (χ0) is 11.3. The lowest BCUT2D eigenvalue weighted by molar-refractivity contribution is -0.145. The normalized spacial score (nSPS) is 11.7. The number of allylic oxidation sites excluding steroid dienone is 1. The van der Waals surface area contributed by atoms with Gasteiger partial charge in [0.1, 0.15) is 0 Å². The fourth-order valence-electron chi connectivity index (χ4n) is 1.10. The molecule has 0 aliphatic heterocycles. The Morgan fingerprint density at radius 1 is 1.43 bits per heavy atom. The highest BCUT2D eigenvalue weighted by Crippen LogP contribution is 2.07. The van der Waals surface area contributed by atoms with E-state index >= 15 is 0 Å². The van der Waals surface area contributed by atoms with Gasteiger partial charge in [0.15, 0.2) is 0 Å². The third kappa shape index (κ3) is 3.60. The first-order valence-corrected chi connectivity index (χ1v) is 4.41. The van der Waals surface area contributed by atoms with E-state index in [1.165, 1.54) is 18.9 Å². The number of ether oxygens (including phenoxy) is 1. The Morgan fingerprint density at radius 2 is 1.93 bits per heavy atom. The van der Waals surface area contributed by atoms with Gasteiger partial charge in [0.2, 0.25) is 5.91 Å². The Morgan fingerprint density at radius 3 is 2.21 bits per heavy atom. The van der Waals surface area contributed by atoms with Crippen LogP contribution in [0.2, 0.25) is 0 Å². The average molecular weight is 199 g/mol. The molecule has 0 saturated heterocycles. The second-order valence-corrected chi connectivity index (χ2v) is 3.29. The predicted octanol–water partition coefficient (Wildman–Crippen LogP) is 1.18. The van der Waals surface area contributed by atoms with Gasteiger partial charge in [0.05, 0.1) is 13.0 Å². The maximum Gasteiger partial charge on any atom is 0.310 e. The SMILES string of the molecule is C=C(C)N(CC(C)C(=O)OC)C(C)=O. The van der Waals surface area contributed by atoms with Gasteiger partial charge < -0.3 is 9.64 Å². The van der Waals surface area contributed by atoms with E-state index in [9.17, 15) is 9.59 Å². The molecule has 0 N–H and O–H groups in total. The van der Waals surface area contributed by atoms with E-state index < -0.39 is 0 Å². The Labute approximate surface area is 84.5 Å². The van der Waals surface area contributed by atoms with Crippen LogP contribution in [0, 0.1) is 5.92 Å². The number of carbonyl (C=O) groups excluding carboxylic acids is 2. The quantitative estimate of drug-likeness (QED) is 0.639. The van der Waals surface area contributed by atoms with Crippen molar-refractivity contribution < 1.29 is 14.3 Å². The van der Waals surface area contributed by atoms with E-state index in [4.69, 9.17) is 0 Å². The topological polar surface area (TPSA) is 46.6 Å². The summed E-state index contributed by atoms with van der Waals surface area (Å²) in [6, 6.07) is 0. The van der Waals surface area contributed by atoms with Gasteiger partial charge in [-0.1, -0.05) is 13.5 Å². The van der Waals surface area contributed by atoms with Crippen LogP contribution in [0.5, 0.6) is 0 Å². The molecule has 14 heavy (non-hydrogen) atoms. The predicted molar refractivity (Wildman–Crippen MR) is 53.4 cm³/mol. The van der Waals surface area contributed by atoms with Crippen LogP contribution >= 0.6 is 0 Å². The average Bonchev–Trinajstić information content (AvgIpc) is 2.11. The zero-order valence-electron chi connectivity index (χ0n) is 9.16. The zero-order valence-corrected chi connectivity index (χ0v) is 9.16. The van der Waals surface area contributed by atoms with Crippen molar-refractivity contribution in [3.05, 3.63) is 12.3 Å². The van der Waals surface area contributed by atoms with Crippen molar-refractivity contribution in [3.63, 3.8) is 0 Å². The van der Waals surface area contributed by atoms with Gasteiger partial charge in [-0.05, 0) is 6.92 Å². The van der Waals surface area contributed by atoms with E-state index in [0.29, 0.717) is 12.2 Å². The summed E-state index contributed by atoms with van der Waals surface area (Å²) in [5.41, 5.74) is 0.633. The molecule has 0 aliphatic rings. The van der Waals surface area contributed by atoms with Crippen molar-refractivity contribution in [2.75, 3.05) is 13.7 Å². The first kappa shape index (κ1) is 12.7. The van der Waals surface area contributed by atoms with Crippen molar-refractivity contribution >= 4 is 11.9 Å². The number of amides is 1. The molecule has 0 aromatic carbocycles. The summed E-state index contributed by atoms with van der Waals surface area (Å²) >= 11 is 0. The molecule has 0 aliphatic carbocycles. The second-order valence-electron chi connectivity index (χ2n) is 3.29. The molecule has 80 valence electrons. The molecule has 0 aromatic heterocycles. The summed E-state index contributed by atoms with van der Waals surface area (Å²) in [6.07, 6.45) is 0. The van der Waals surface area contributed by atoms with Gasteiger partial charge in [-0.15, -0.1) is 0 Å². The van der Waals surface area contributed by atoms with Crippen LogP contribution in [-0.2, 0) is 14.3 Å². The fourth-order valence-corrected chi connectivity index (χ4v) is 1.10. The first-order valence-electron chi connectivity index (χ1n) is 4.41. The van der Waals surface area contributed by atoms with Crippen molar-refractivity contribution in [1.29, 1.82) is 0 Å². The molecule has 0 fully saturated rings. The summed E-state index contributed by atoms with van der Waals surface area (Å²) < 4.78 is 4.57. The van der Waals surface area contributed by atoms with Crippen molar-refractivity contribution in [1.82, 2.24) is 4.90 Å². The molecule has 0 aromatic rings. The summed E-state index contributed by atoms with van der Waals surface area (Å²) in [5.74, 6) is -0.772. The molecule has 4 heteroatoms. The van der Waals surface area contributed by atoms with Gasteiger partial charge in [-0.25, -0.2) is 0 Å². The van der Waals surface area contributed by atoms with Gasteiger partial charge in [0.25, 0.3) is 0 Å². The van der Waals surface area contributed by atoms with Crippen LogP contribution in [-0.4, -0.2) is 30.4 Å². The molecule has 1 unspecified atom stereocenters. The number of nitrogens with zero attached hydrogens (tertiary/aromatic N) is 1. The Hall–Kier alpha value is -1.32. The monoisotopic (exact) mass is 199 g/mol. The molecule has 0 rings (SSSR count). The molecular weight excluding hydrogens is 182 g/mol. The standard InChI is InChI=1S/C10H17NO3/c1-7(2)11(9(4)12)6-8(3)10(13)14-5/h8H,1,6H2,2-5H3. The smallest absolute Gasteiger partial charge is 0.310 e. The van der Waals surface area contributed by atoms with E-state index in [0.717, 1.165) is 0 Å². The van der Waals surface area contributed by atoms with Gasteiger partial charge >= 0.3 is 5.97 Å². The summed E-state index contributed by atoms with van der Waals surface area (Å²) in [7, 11) is 1.33. The number of esters is 1. The molecular formula is C10H17NO3. The minimum Gasteiger partial charge on any atom is -0.469 e. The van der Waals surface area contributed by atoms with Crippen LogP contribution in [0.4, 0.5) is 0 Å². The van der Waals surface area contributed by atoms with Crippen LogP contribution < -0.4 is 0 Å². The van der Waals surface area contributed by atoms with Crippen LogP contribution in [0.15, 0.2) is 12.3 Å². The lowest BCUT2D eigenvalue weighted by atomic mass is 10.1. The second kappa shape index (κ2) is 5.42. The molecule has 4 nitrogen and oxygen atoms in total. The van der Waals surface area contributed by atoms with Crippen molar-refractivity contribution in [2.45, 2.75) is 20.8 Å². The Kier molecular flexibility index (Phi) is 4.91. The van der Waals surface area contributed by atoms with Crippen LogP contribution in [0.1, 0.15) is 20.8 Å². The van der Waals surface area contributed by atoms with Gasteiger partial charge in [-0.3, -0.25) is 9.59 Å². The van der Waals surface area contributed by atoms with Gasteiger partial charge in [-0.2, -0.15) is 0 Å². The number of carbonyl (C=O) groups is 2. The summed E-state index contributed by atoms with van der Waals surface area (Å²) in [6.45, 7) is 8.87. The molecule has 0 bridgehead atoms. The van der Waals surface area contributed by atoms with Crippen LogP contribution in [0.25, 0.3) is 0 Å². The highest BCUT2D eigenvalue weighted by Gasteiger charge is 2.19. The van der Waals surface area contributed by atoms with Crippen molar-refractivity contribution in [3.8, 4) is 0 Å². The third-order valence-corrected chi connectivity index (χ3v) is 1.90. The van der Waals surface area contributed by atoms with E-state index in [-0.39, 0.29) is 17.8 Å². The number of hydrogen-bond donors (Lipinski definition) is 0. The highest BCUT2D eigenvalue weighted by atomic mass is 16.5. The minimum absolute atomic E-state index is 0.117. The van der Waals surface area contributed by atoms with Crippen LogP contribution in [0.3, 0.4) is 0 Å². The van der Waals surface area contributed by atoms with Crippen molar-refractivity contribution in [2.24, 2.45) is 5.92 Å². The lowest BCUT2D eigenvalue weighted by Gasteiger charge is -2.23. The maximum atomic E-state index is 11.1. The Bertz CT molecular complexity index is 234. The fraction of sp³-hybridized carbons (Fsp3) is 0.600. The van der Waals surface area contributed by atoms with Gasteiger partial charge in [0, 0.05) is 19.2 Å².